The van der Waals surface area contributed by atoms with Crippen molar-refractivity contribution in [3.05, 3.63) is 16.9 Å². The molecule has 1 atom stereocenters. The van der Waals surface area contributed by atoms with Crippen LogP contribution in [0.15, 0.2) is 6.20 Å². The second-order valence-electron chi connectivity index (χ2n) is 2.30. The minimum absolute atomic E-state index is 0.0406. The van der Waals surface area contributed by atoms with Crippen molar-refractivity contribution in [2.24, 2.45) is 12.8 Å². The molecule has 0 unspecified atom stereocenters. The van der Waals surface area contributed by atoms with Gasteiger partial charge in [0.05, 0.1) is 6.20 Å². The molecule has 2 N–H and O–H groups in total. The van der Waals surface area contributed by atoms with Crippen molar-refractivity contribution in [3.8, 4) is 0 Å². The van der Waals surface area contributed by atoms with Gasteiger partial charge in [-0.05, 0) is 6.92 Å². The van der Waals surface area contributed by atoms with Crippen molar-refractivity contribution in [1.29, 1.82) is 0 Å². The summed E-state index contributed by atoms with van der Waals surface area (Å²) in [5.41, 5.74) is 6.48. The number of halogens is 1. The zero-order chi connectivity index (χ0) is 7.72. The van der Waals surface area contributed by atoms with Crippen LogP contribution in [-0.4, -0.2) is 9.78 Å². The van der Waals surface area contributed by atoms with E-state index in [1.807, 2.05) is 6.92 Å². The van der Waals surface area contributed by atoms with Crippen LogP contribution in [0.3, 0.4) is 0 Å². The van der Waals surface area contributed by atoms with Crippen LogP contribution in [0, 0.1) is 0 Å². The molecular formula is C6H10ClN3. The van der Waals surface area contributed by atoms with Crippen molar-refractivity contribution in [3.63, 3.8) is 0 Å². The van der Waals surface area contributed by atoms with Crippen molar-refractivity contribution in [2.45, 2.75) is 13.0 Å². The largest absolute Gasteiger partial charge is 0.324 e. The Morgan fingerprint density at radius 1 is 1.80 bits per heavy atom. The fourth-order valence-electron chi connectivity index (χ4n) is 0.745. The Bertz CT molecular complexity index is 229. The van der Waals surface area contributed by atoms with E-state index in [4.69, 9.17) is 17.3 Å². The van der Waals surface area contributed by atoms with Crippen LogP contribution in [0.1, 0.15) is 18.5 Å². The Morgan fingerprint density at radius 2 is 2.40 bits per heavy atom. The van der Waals surface area contributed by atoms with Gasteiger partial charge >= 0.3 is 0 Å². The van der Waals surface area contributed by atoms with E-state index < -0.39 is 0 Å². The summed E-state index contributed by atoms with van der Waals surface area (Å²) in [5, 5.41) is 4.56. The van der Waals surface area contributed by atoms with Crippen molar-refractivity contribution in [2.75, 3.05) is 0 Å². The van der Waals surface area contributed by atoms with E-state index in [2.05, 4.69) is 5.10 Å². The molecule has 10 heavy (non-hydrogen) atoms. The van der Waals surface area contributed by atoms with E-state index in [1.165, 1.54) is 0 Å². The molecule has 0 aliphatic rings. The summed E-state index contributed by atoms with van der Waals surface area (Å²) in [5.74, 6) is 0. The van der Waals surface area contributed by atoms with Crippen LogP contribution >= 0.6 is 11.6 Å². The van der Waals surface area contributed by atoms with E-state index in [0.29, 0.717) is 5.15 Å². The van der Waals surface area contributed by atoms with Gasteiger partial charge in [0.15, 0.2) is 0 Å². The first-order chi connectivity index (χ1) is 4.63. The molecule has 0 saturated carbocycles. The first kappa shape index (κ1) is 7.57. The summed E-state index contributed by atoms with van der Waals surface area (Å²) in [6.45, 7) is 1.88. The van der Waals surface area contributed by atoms with Crippen molar-refractivity contribution >= 4 is 11.6 Å². The maximum Gasteiger partial charge on any atom is 0.131 e. The smallest absolute Gasteiger partial charge is 0.131 e. The standard InChI is InChI=1S/C6H10ClN3/c1-4(8)5-3-9-10(2)6(5)7/h3-4H,8H2,1-2H3/t4-/m1/s1. The number of hydrogen-bond acceptors (Lipinski definition) is 2. The highest BCUT2D eigenvalue weighted by molar-refractivity contribution is 6.30. The Kier molecular flexibility index (Phi) is 1.97. The maximum absolute atomic E-state index is 5.82. The molecule has 1 rings (SSSR count). The van der Waals surface area contributed by atoms with Gasteiger partial charge in [-0.3, -0.25) is 4.68 Å². The zero-order valence-electron chi connectivity index (χ0n) is 6.00. The summed E-state index contributed by atoms with van der Waals surface area (Å²) in [6.07, 6.45) is 1.69. The van der Waals surface area contributed by atoms with Crippen molar-refractivity contribution < 1.29 is 0 Å². The monoisotopic (exact) mass is 159 g/mol. The van der Waals surface area contributed by atoms with Gasteiger partial charge in [0.2, 0.25) is 0 Å². The Labute approximate surface area is 64.8 Å². The normalized spacial score (nSPS) is 13.6. The molecule has 0 fully saturated rings. The summed E-state index contributed by atoms with van der Waals surface area (Å²) in [6, 6.07) is -0.0406. The lowest BCUT2D eigenvalue weighted by atomic mass is 10.2. The highest BCUT2D eigenvalue weighted by Gasteiger charge is 2.08. The number of nitrogens with zero attached hydrogens (tertiary/aromatic N) is 2. The summed E-state index contributed by atoms with van der Waals surface area (Å²) in [7, 11) is 1.79. The van der Waals surface area contributed by atoms with Crippen LogP contribution in [0.5, 0.6) is 0 Å². The van der Waals surface area contributed by atoms with E-state index in [9.17, 15) is 0 Å². The molecule has 0 aromatic carbocycles. The molecule has 1 heterocycles. The molecule has 0 aliphatic carbocycles. The predicted octanol–water partition coefficient (Wildman–Crippen LogP) is 1.09. The van der Waals surface area contributed by atoms with Gasteiger partial charge in [0.25, 0.3) is 0 Å². The SMILES string of the molecule is C[C@@H](N)c1cnn(C)c1Cl. The highest BCUT2D eigenvalue weighted by Crippen LogP contribution is 2.19. The topological polar surface area (TPSA) is 43.8 Å². The summed E-state index contributed by atoms with van der Waals surface area (Å²) >= 11 is 5.82. The number of aromatic nitrogens is 2. The lowest BCUT2D eigenvalue weighted by Gasteiger charge is -2.00. The molecule has 3 nitrogen and oxygen atoms in total. The third kappa shape index (κ3) is 1.15. The fourth-order valence-corrected chi connectivity index (χ4v) is 1.01. The van der Waals surface area contributed by atoms with E-state index in [1.54, 1.807) is 17.9 Å². The zero-order valence-corrected chi connectivity index (χ0v) is 6.76. The van der Waals surface area contributed by atoms with E-state index >= 15 is 0 Å². The third-order valence-corrected chi connectivity index (χ3v) is 1.85. The number of rotatable bonds is 1. The lowest BCUT2D eigenvalue weighted by molar-refractivity contribution is 0.763. The quantitative estimate of drug-likeness (QED) is 0.667. The Hall–Kier alpha value is -0.540. The molecule has 1 aromatic rings. The van der Waals surface area contributed by atoms with Gasteiger partial charge in [0, 0.05) is 18.7 Å². The van der Waals surface area contributed by atoms with Crippen LogP contribution in [0.2, 0.25) is 5.15 Å². The molecular weight excluding hydrogens is 150 g/mol. The molecule has 0 bridgehead atoms. The van der Waals surface area contributed by atoms with Gasteiger partial charge in [-0.1, -0.05) is 11.6 Å². The molecule has 4 heteroatoms. The summed E-state index contributed by atoms with van der Waals surface area (Å²) in [4.78, 5) is 0. The van der Waals surface area contributed by atoms with Crippen molar-refractivity contribution in [1.82, 2.24) is 9.78 Å². The number of nitrogens with two attached hydrogens (primary N) is 1. The van der Waals surface area contributed by atoms with Gasteiger partial charge < -0.3 is 5.73 Å². The van der Waals surface area contributed by atoms with Gasteiger partial charge in [-0.15, -0.1) is 0 Å². The molecule has 0 spiro atoms. The van der Waals surface area contributed by atoms with Crippen LogP contribution in [0.4, 0.5) is 0 Å². The first-order valence-electron chi connectivity index (χ1n) is 3.06. The van der Waals surface area contributed by atoms with Crippen LogP contribution in [0.25, 0.3) is 0 Å². The second-order valence-corrected chi connectivity index (χ2v) is 2.66. The molecule has 0 radical (unpaired) electrons. The predicted molar refractivity (Wildman–Crippen MR) is 40.8 cm³/mol. The Morgan fingerprint density at radius 3 is 2.60 bits per heavy atom. The minimum Gasteiger partial charge on any atom is -0.324 e. The number of aryl methyl sites for hydroxylation is 1. The van der Waals surface area contributed by atoms with E-state index in [0.717, 1.165) is 5.56 Å². The molecule has 56 valence electrons. The van der Waals surface area contributed by atoms with Crippen LogP contribution < -0.4 is 5.73 Å². The molecule has 1 aromatic heterocycles. The fraction of sp³-hybridized carbons (Fsp3) is 0.500. The van der Waals surface area contributed by atoms with Gasteiger partial charge in [-0.25, -0.2) is 0 Å². The summed E-state index contributed by atoms with van der Waals surface area (Å²) < 4.78 is 1.60. The maximum atomic E-state index is 5.82. The average molecular weight is 160 g/mol. The lowest BCUT2D eigenvalue weighted by Crippen LogP contribution is -2.04. The number of hydrogen-bond donors (Lipinski definition) is 1. The molecule has 0 amide bonds. The van der Waals surface area contributed by atoms with E-state index in [-0.39, 0.29) is 6.04 Å². The third-order valence-electron chi connectivity index (χ3n) is 1.38. The molecule has 0 saturated heterocycles. The highest BCUT2D eigenvalue weighted by atomic mass is 35.5. The van der Waals surface area contributed by atoms with Gasteiger partial charge in [0.1, 0.15) is 5.15 Å². The average Bonchev–Trinajstić information content (AvgIpc) is 2.14. The minimum atomic E-state index is -0.0406. The van der Waals surface area contributed by atoms with Crippen LogP contribution in [-0.2, 0) is 7.05 Å². The first-order valence-corrected chi connectivity index (χ1v) is 3.43. The second kappa shape index (κ2) is 2.60. The Balaban J connectivity index is 3.05. The van der Waals surface area contributed by atoms with Gasteiger partial charge in [-0.2, -0.15) is 5.10 Å². The molecule has 0 aliphatic heterocycles.